The van der Waals surface area contributed by atoms with Crippen LogP contribution >= 0.6 is 0 Å². The molecule has 6 nitrogen and oxygen atoms in total. The predicted octanol–water partition coefficient (Wildman–Crippen LogP) is 4.39. The standard InChI is InChI=1S/C28H37F2N3O3/c1-17(34)32-22(12-18-7-5-8-20(29)11-18)24(35)16-31-23-15-28(9-6-10-28)36-26-21(23)13-19(25(30)33-26)14-27(2,3)4/h5,7-8,11,13,22-24,31,35H,6,9-10,12,14-16H2,1-4H3,(H,32,34)/t22-,23-,24-/m0/s1. The summed E-state index contributed by atoms with van der Waals surface area (Å²) in [6.45, 7) is 7.74. The Bertz CT molecular complexity index is 1100. The van der Waals surface area contributed by atoms with Gasteiger partial charge < -0.3 is 20.5 Å². The largest absolute Gasteiger partial charge is 0.471 e. The van der Waals surface area contributed by atoms with Gasteiger partial charge in [0.2, 0.25) is 17.7 Å². The molecule has 1 aromatic carbocycles. The molecule has 1 aromatic heterocycles. The highest BCUT2D eigenvalue weighted by Crippen LogP contribution is 2.48. The van der Waals surface area contributed by atoms with E-state index in [9.17, 15) is 18.7 Å². The summed E-state index contributed by atoms with van der Waals surface area (Å²) in [6, 6.07) is 7.21. The van der Waals surface area contributed by atoms with Crippen molar-refractivity contribution >= 4 is 5.91 Å². The van der Waals surface area contributed by atoms with Gasteiger partial charge in [-0.2, -0.15) is 9.37 Å². The Hall–Kier alpha value is -2.58. The summed E-state index contributed by atoms with van der Waals surface area (Å²) in [5.41, 5.74) is 1.55. The van der Waals surface area contributed by atoms with E-state index in [1.807, 2.05) is 6.07 Å². The number of aliphatic hydroxyl groups is 1. The maximum absolute atomic E-state index is 14.9. The van der Waals surface area contributed by atoms with Crippen molar-refractivity contribution in [3.8, 4) is 5.88 Å². The van der Waals surface area contributed by atoms with Gasteiger partial charge in [0, 0.05) is 37.1 Å². The van der Waals surface area contributed by atoms with E-state index in [2.05, 4.69) is 36.4 Å². The van der Waals surface area contributed by atoms with Crippen molar-refractivity contribution in [2.75, 3.05) is 6.54 Å². The average molecular weight is 502 g/mol. The zero-order valence-corrected chi connectivity index (χ0v) is 21.5. The lowest BCUT2D eigenvalue weighted by Crippen LogP contribution is -2.52. The molecule has 8 heteroatoms. The first kappa shape index (κ1) is 26.5. The van der Waals surface area contributed by atoms with E-state index < -0.39 is 18.1 Å². The number of hydrogen-bond acceptors (Lipinski definition) is 5. The Kier molecular flexibility index (Phi) is 7.67. The molecule has 0 saturated heterocycles. The minimum atomic E-state index is -0.928. The Labute approximate surface area is 211 Å². The number of halogens is 2. The maximum Gasteiger partial charge on any atom is 0.221 e. The monoisotopic (exact) mass is 501 g/mol. The molecule has 2 aliphatic rings. The molecule has 0 bridgehead atoms. The number of aromatic nitrogens is 1. The summed E-state index contributed by atoms with van der Waals surface area (Å²) in [4.78, 5) is 16.0. The molecule has 2 aromatic rings. The number of pyridine rings is 1. The number of nitrogens with one attached hydrogen (secondary N) is 2. The van der Waals surface area contributed by atoms with E-state index in [4.69, 9.17) is 4.74 Å². The van der Waals surface area contributed by atoms with Crippen molar-refractivity contribution in [3.05, 3.63) is 58.8 Å². The molecule has 3 atom stereocenters. The molecule has 1 aliphatic heterocycles. The number of ether oxygens (including phenoxy) is 1. The number of benzene rings is 1. The molecule has 1 aliphatic carbocycles. The minimum Gasteiger partial charge on any atom is -0.471 e. The summed E-state index contributed by atoms with van der Waals surface area (Å²) in [7, 11) is 0. The molecule has 2 heterocycles. The Morgan fingerprint density at radius 3 is 2.64 bits per heavy atom. The van der Waals surface area contributed by atoms with Crippen LogP contribution in [0.3, 0.4) is 0 Å². The molecule has 1 amide bonds. The third kappa shape index (κ3) is 6.40. The molecule has 196 valence electrons. The van der Waals surface area contributed by atoms with Crippen LogP contribution in [0, 0.1) is 17.2 Å². The van der Waals surface area contributed by atoms with Crippen LogP contribution in [0.5, 0.6) is 5.88 Å². The van der Waals surface area contributed by atoms with Crippen LogP contribution in [0.25, 0.3) is 0 Å². The van der Waals surface area contributed by atoms with Gasteiger partial charge in [-0.15, -0.1) is 0 Å². The Balaban J connectivity index is 1.53. The number of fused-ring (bicyclic) bond motifs is 1. The fraction of sp³-hybridized carbons (Fsp3) is 0.571. The molecule has 36 heavy (non-hydrogen) atoms. The minimum absolute atomic E-state index is 0.108. The summed E-state index contributed by atoms with van der Waals surface area (Å²) in [5.74, 6) is -0.815. The second-order valence-corrected chi connectivity index (χ2v) is 11.6. The number of carbonyl (C=O) groups excluding carboxylic acids is 1. The van der Waals surface area contributed by atoms with Crippen molar-refractivity contribution in [2.24, 2.45) is 5.41 Å². The SMILES string of the molecule is CC(=O)N[C@@H](Cc1cccc(F)c1)[C@@H](O)CN[C@H]1CC2(CCC2)Oc2nc(F)c(CC(C)(C)C)cc21. The average Bonchev–Trinajstić information content (AvgIpc) is 2.75. The number of nitrogens with zero attached hydrogens (tertiary/aromatic N) is 1. The van der Waals surface area contributed by atoms with Crippen molar-refractivity contribution < 1.29 is 23.4 Å². The number of amides is 1. The van der Waals surface area contributed by atoms with Crippen molar-refractivity contribution in [1.82, 2.24) is 15.6 Å². The van der Waals surface area contributed by atoms with Crippen molar-refractivity contribution in [3.63, 3.8) is 0 Å². The molecule has 4 rings (SSSR count). The second-order valence-electron chi connectivity index (χ2n) is 11.6. The molecule has 0 unspecified atom stereocenters. The number of rotatable bonds is 8. The first-order chi connectivity index (χ1) is 16.9. The highest BCUT2D eigenvalue weighted by atomic mass is 19.1. The highest BCUT2D eigenvalue weighted by molar-refractivity contribution is 5.73. The first-order valence-electron chi connectivity index (χ1n) is 12.7. The van der Waals surface area contributed by atoms with Gasteiger partial charge in [0.25, 0.3) is 0 Å². The molecule has 0 radical (unpaired) electrons. The maximum atomic E-state index is 14.9. The summed E-state index contributed by atoms with van der Waals surface area (Å²) < 4.78 is 34.8. The number of aliphatic hydroxyl groups excluding tert-OH is 1. The molecule has 1 fully saturated rings. The van der Waals surface area contributed by atoms with Gasteiger partial charge in [-0.3, -0.25) is 4.79 Å². The fourth-order valence-corrected chi connectivity index (χ4v) is 5.22. The number of carbonyl (C=O) groups is 1. The van der Waals surface area contributed by atoms with Crippen LogP contribution in [0.15, 0.2) is 30.3 Å². The van der Waals surface area contributed by atoms with Gasteiger partial charge >= 0.3 is 0 Å². The lowest BCUT2D eigenvalue weighted by molar-refractivity contribution is -0.120. The zero-order valence-electron chi connectivity index (χ0n) is 21.5. The van der Waals surface area contributed by atoms with Gasteiger partial charge in [-0.1, -0.05) is 32.9 Å². The highest BCUT2D eigenvalue weighted by Gasteiger charge is 2.46. The smallest absolute Gasteiger partial charge is 0.221 e. The third-order valence-electron chi connectivity index (χ3n) is 7.06. The molecular weight excluding hydrogens is 464 g/mol. The van der Waals surface area contributed by atoms with E-state index in [1.54, 1.807) is 12.1 Å². The third-order valence-corrected chi connectivity index (χ3v) is 7.06. The zero-order chi connectivity index (χ0) is 26.1. The lowest BCUT2D eigenvalue weighted by Gasteiger charge is -2.47. The van der Waals surface area contributed by atoms with Gasteiger partial charge in [0.1, 0.15) is 11.4 Å². The first-order valence-corrected chi connectivity index (χ1v) is 12.7. The fourth-order valence-electron chi connectivity index (χ4n) is 5.22. The summed E-state index contributed by atoms with van der Waals surface area (Å²) >= 11 is 0. The van der Waals surface area contributed by atoms with Gasteiger partial charge in [-0.25, -0.2) is 4.39 Å². The van der Waals surface area contributed by atoms with Gasteiger partial charge in [-0.05, 0) is 61.3 Å². The van der Waals surface area contributed by atoms with Crippen molar-refractivity contribution in [1.29, 1.82) is 0 Å². The second kappa shape index (κ2) is 10.4. The topological polar surface area (TPSA) is 83.5 Å². The Morgan fingerprint density at radius 1 is 1.28 bits per heavy atom. The van der Waals surface area contributed by atoms with Crippen molar-refractivity contribution in [2.45, 2.75) is 90.0 Å². The summed E-state index contributed by atoms with van der Waals surface area (Å²) in [6.07, 6.45) is 3.41. The molecule has 1 saturated carbocycles. The van der Waals surface area contributed by atoms with Gasteiger partial charge in [0.05, 0.1) is 12.1 Å². The quantitative estimate of drug-likeness (QED) is 0.467. The molecule has 3 N–H and O–H groups in total. The van der Waals surface area contributed by atoms with E-state index >= 15 is 0 Å². The van der Waals surface area contributed by atoms with Crippen LogP contribution in [0.2, 0.25) is 0 Å². The Morgan fingerprint density at radius 2 is 2.03 bits per heavy atom. The van der Waals surface area contributed by atoms with E-state index in [0.29, 0.717) is 29.8 Å². The van der Waals surface area contributed by atoms with Crippen LogP contribution in [-0.4, -0.2) is 40.3 Å². The van der Waals surface area contributed by atoms with E-state index in [1.165, 1.54) is 19.1 Å². The van der Waals surface area contributed by atoms with Gasteiger partial charge in [0.15, 0.2) is 0 Å². The van der Waals surface area contributed by atoms with Crippen LogP contribution in [0.4, 0.5) is 8.78 Å². The van der Waals surface area contributed by atoms with E-state index in [-0.39, 0.29) is 41.7 Å². The van der Waals surface area contributed by atoms with Crippen LogP contribution in [0.1, 0.15) is 76.1 Å². The van der Waals surface area contributed by atoms with Crippen LogP contribution in [-0.2, 0) is 17.6 Å². The normalized spacial score (nSPS) is 20.1. The summed E-state index contributed by atoms with van der Waals surface area (Å²) in [5, 5.41) is 17.3. The lowest BCUT2D eigenvalue weighted by atomic mass is 9.73. The van der Waals surface area contributed by atoms with E-state index in [0.717, 1.165) is 24.8 Å². The van der Waals surface area contributed by atoms with Crippen LogP contribution < -0.4 is 15.4 Å². The molecular formula is C28H37F2N3O3. The number of hydrogen-bond donors (Lipinski definition) is 3. The molecule has 1 spiro atoms. The predicted molar refractivity (Wildman–Crippen MR) is 134 cm³/mol.